The van der Waals surface area contributed by atoms with Crippen molar-refractivity contribution in [3.05, 3.63) is 241 Å². The van der Waals surface area contributed by atoms with Gasteiger partial charge in [-0.2, -0.15) is 0 Å². The standard InChI is InChI=1S/C57H44N2/c1-57(2)54-22-12-11-21-52(54)53-39-38-50(40-55(53)57)59(56-23-13-15-45-14-9-10-20-51(45)56)49-34-28-42(29-35-49)25-24-41-26-30-43(31-27-41)44-32-36-48(37-33-44)58(46-16-5-3-6-17-46)47-18-7-4-8-19-47/h3-40H,1-2H3. The molecule has 2 heteroatoms. The second-order valence-corrected chi connectivity index (χ2v) is 15.8. The molecule has 9 aromatic rings. The van der Waals surface area contributed by atoms with Crippen LogP contribution in [0.5, 0.6) is 0 Å². The summed E-state index contributed by atoms with van der Waals surface area (Å²) in [6.45, 7) is 4.70. The number of anilines is 6. The van der Waals surface area contributed by atoms with Gasteiger partial charge < -0.3 is 9.80 Å². The average molecular weight is 757 g/mol. The van der Waals surface area contributed by atoms with Crippen molar-refractivity contribution in [2.75, 3.05) is 9.80 Å². The lowest BCUT2D eigenvalue weighted by atomic mass is 9.82. The number of hydrogen-bond donors (Lipinski definition) is 0. The Morgan fingerprint density at radius 3 is 1.51 bits per heavy atom. The summed E-state index contributed by atoms with van der Waals surface area (Å²) in [6, 6.07) is 78.8. The molecule has 59 heavy (non-hydrogen) atoms. The summed E-state index contributed by atoms with van der Waals surface area (Å²) < 4.78 is 0. The van der Waals surface area contributed by atoms with Gasteiger partial charge in [-0.25, -0.2) is 0 Å². The van der Waals surface area contributed by atoms with E-state index in [4.69, 9.17) is 0 Å². The van der Waals surface area contributed by atoms with Crippen molar-refractivity contribution in [1.82, 2.24) is 0 Å². The zero-order valence-corrected chi connectivity index (χ0v) is 33.3. The molecule has 1 aliphatic rings. The summed E-state index contributed by atoms with van der Waals surface area (Å²) in [5.74, 6) is 0. The number of rotatable bonds is 9. The van der Waals surface area contributed by atoms with Crippen molar-refractivity contribution >= 4 is 57.0 Å². The molecule has 0 heterocycles. The SMILES string of the molecule is CC1(C)c2ccccc2-c2ccc(N(c3ccc(C=Cc4ccc(-c5ccc(N(c6ccccc6)c6ccccc6)cc5)cc4)cc3)c3cccc4ccccc34)cc21. The largest absolute Gasteiger partial charge is 0.311 e. The van der Waals surface area contributed by atoms with Gasteiger partial charge in [0, 0.05) is 39.2 Å². The molecule has 0 fully saturated rings. The molecule has 282 valence electrons. The first-order valence-electron chi connectivity index (χ1n) is 20.4. The monoisotopic (exact) mass is 756 g/mol. The van der Waals surface area contributed by atoms with Crippen LogP contribution in [-0.4, -0.2) is 0 Å². The molecule has 0 bridgehead atoms. The normalized spacial score (nSPS) is 12.6. The quantitative estimate of drug-likeness (QED) is 0.135. The minimum atomic E-state index is -0.0864. The fraction of sp³-hybridized carbons (Fsp3) is 0.0526. The van der Waals surface area contributed by atoms with Crippen LogP contribution in [0.25, 0.3) is 45.2 Å². The van der Waals surface area contributed by atoms with Gasteiger partial charge in [0.1, 0.15) is 0 Å². The van der Waals surface area contributed by atoms with Gasteiger partial charge in [-0.1, -0.05) is 178 Å². The Kier molecular flexibility index (Phi) is 9.24. The van der Waals surface area contributed by atoms with E-state index in [9.17, 15) is 0 Å². The summed E-state index contributed by atoms with van der Waals surface area (Å²) in [5.41, 5.74) is 16.9. The summed E-state index contributed by atoms with van der Waals surface area (Å²) in [6.07, 6.45) is 4.40. The van der Waals surface area contributed by atoms with E-state index in [1.165, 1.54) is 49.8 Å². The first-order valence-corrected chi connectivity index (χ1v) is 20.4. The summed E-state index contributed by atoms with van der Waals surface area (Å²) >= 11 is 0. The van der Waals surface area contributed by atoms with Crippen LogP contribution < -0.4 is 9.80 Å². The van der Waals surface area contributed by atoms with Crippen molar-refractivity contribution in [2.24, 2.45) is 0 Å². The molecule has 0 radical (unpaired) electrons. The van der Waals surface area contributed by atoms with Crippen LogP contribution in [0, 0.1) is 0 Å². The number of para-hydroxylation sites is 2. The van der Waals surface area contributed by atoms with Crippen LogP contribution in [0.15, 0.2) is 218 Å². The summed E-state index contributed by atoms with van der Waals surface area (Å²) in [7, 11) is 0. The lowest BCUT2D eigenvalue weighted by molar-refractivity contribution is 0.660. The molecular weight excluding hydrogens is 713 g/mol. The number of hydrogen-bond acceptors (Lipinski definition) is 2. The van der Waals surface area contributed by atoms with Gasteiger partial charge in [0.15, 0.2) is 0 Å². The highest BCUT2D eigenvalue weighted by Crippen LogP contribution is 2.51. The maximum absolute atomic E-state index is 2.42. The van der Waals surface area contributed by atoms with E-state index < -0.39 is 0 Å². The van der Waals surface area contributed by atoms with Crippen LogP contribution >= 0.6 is 0 Å². The summed E-state index contributed by atoms with van der Waals surface area (Å²) in [4.78, 5) is 4.71. The van der Waals surface area contributed by atoms with E-state index in [0.29, 0.717) is 0 Å². The third kappa shape index (κ3) is 6.79. The van der Waals surface area contributed by atoms with Gasteiger partial charge in [-0.05, 0) is 117 Å². The molecule has 2 nitrogen and oxygen atoms in total. The zero-order valence-electron chi connectivity index (χ0n) is 33.3. The van der Waals surface area contributed by atoms with Gasteiger partial charge in [-0.3, -0.25) is 0 Å². The third-order valence-electron chi connectivity index (χ3n) is 11.9. The van der Waals surface area contributed by atoms with Crippen LogP contribution in [0.2, 0.25) is 0 Å². The maximum atomic E-state index is 2.42. The molecule has 10 rings (SSSR count). The highest BCUT2D eigenvalue weighted by Gasteiger charge is 2.35. The smallest absolute Gasteiger partial charge is 0.0540 e. The molecular formula is C57H44N2. The molecule has 0 saturated carbocycles. The molecule has 0 atom stereocenters. The number of nitrogens with zero attached hydrogens (tertiary/aromatic N) is 2. The van der Waals surface area contributed by atoms with Crippen molar-refractivity contribution in [3.8, 4) is 22.3 Å². The van der Waals surface area contributed by atoms with E-state index in [0.717, 1.165) is 39.6 Å². The molecule has 0 aromatic heterocycles. The van der Waals surface area contributed by atoms with Crippen LogP contribution in [0.3, 0.4) is 0 Å². The third-order valence-corrected chi connectivity index (χ3v) is 11.9. The lowest BCUT2D eigenvalue weighted by Crippen LogP contribution is -2.16. The van der Waals surface area contributed by atoms with Crippen molar-refractivity contribution < 1.29 is 0 Å². The van der Waals surface area contributed by atoms with Gasteiger partial charge in [0.25, 0.3) is 0 Å². The molecule has 0 amide bonds. The predicted molar refractivity (Wildman–Crippen MR) is 252 cm³/mol. The van der Waals surface area contributed by atoms with E-state index in [1.54, 1.807) is 0 Å². The van der Waals surface area contributed by atoms with Gasteiger partial charge in [-0.15, -0.1) is 0 Å². The molecule has 0 spiro atoms. The Bertz CT molecular complexity index is 2880. The maximum Gasteiger partial charge on any atom is 0.0540 e. The van der Waals surface area contributed by atoms with E-state index in [1.807, 2.05) is 0 Å². The Balaban J connectivity index is 0.911. The van der Waals surface area contributed by atoms with E-state index in [-0.39, 0.29) is 5.41 Å². The van der Waals surface area contributed by atoms with Crippen molar-refractivity contribution in [1.29, 1.82) is 0 Å². The predicted octanol–water partition coefficient (Wildman–Crippen LogP) is 15.9. The summed E-state index contributed by atoms with van der Waals surface area (Å²) in [5, 5.41) is 2.45. The van der Waals surface area contributed by atoms with Gasteiger partial charge in [0.2, 0.25) is 0 Å². The van der Waals surface area contributed by atoms with E-state index >= 15 is 0 Å². The van der Waals surface area contributed by atoms with E-state index in [2.05, 4.69) is 254 Å². The number of benzene rings is 9. The molecule has 9 aromatic carbocycles. The molecule has 1 aliphatic carbocycles. The second-order valence-electron chi connectivity index (χ2n) is 15.8. The molecule has 0 N–H and O–H groups in total. The first kappa shape index (κ1) is 36.0. The van der Waals surface area contributed by atoms with Crippen LogP contribution in [0.4, 0.5) is 34.1 Å². The molecule has 0 aliphatic heterocycles. The van der Waals surface area contributed by atoms with Crippen LogP contribution in [0.1, 0.15) is 36.1 Å². The Morgan fingerprint density at radius 2 is 0.831 bits per heavy atom. The molecule has 0 unspecified atom stereocenters. The average Bonchev–Trinajstić information content (AvgIpc) is 3.53. The number of fused-ring (bicyclic) bond motifs is 4. The lowest BCUT2D eigenvalue weighted by Gasteiger charge is -2.29. The Morgan fingerprint density at radius 1 is 0.356 bits per heavy atom. The molecule has 0 saturated heterocycles. The van der Waals surface area contributed by atoms with Gasteiger partial charge >= 0.3 is 0 Å². The Hall–Kier alpha value is -7.42. The highest BCUT2D eigenvalue weighted by atomic mass is 15.1. The van der Waals surface area contributed by atoms with Crippen LogP contribution in [-0.2, 0) is 5.41 Å². The first-order chi connectivity index (χ1) is 29.0. The van der Waals surface area contributed by atoms with Crippen molar-refractivity contribution in [3.63, 3.8) is 0 Å². The topological polar surface area (TPSA) is 6.48 Å². The van der Waals surface area contributed by atoms with Gasteiger partial charge in [0.05, 0.1) is 5.69 Å². The fourth-order valence-electron chi connectivity index (χ4n) is 8.78. The Labute approximate surface area is 347 Å². The minimum absolute atomic E-state index is 0.0864. The minimum Gasteiger partial charge on any atom is -0.311 e. The van der Waals surface area contributed by atoms with Crippen molar-refractivity contribution in [2.45, 2.75) is 19.3 Å². The fourth-order valence-corrected chi connectivity index (χ4v) is 8.78. The second kappa shape index (κ2) is 15.2. The highest BCUT2D eigenvalue weighted by molar-refractivity contribution is 5.99. The zero-order chi connectivity index (χ0) is 39.8.